The number of aromatic nitrogens is 1. The summed E-state index contributed by atoms with van der Waals surface area (Å²) in [7, 11) is 0. The largest absolute Gasteiger partial charge is 0.296 e. The first kappa shape index (κ1) is 11.4. The van der Waals surface area contributed by atoms with Gasteiger partial charge in [-0.05, 0) is 30.7 Å². The Morgan fingerprint density at radius 3 is 2.53 bits per heavy atom. The highest BCUT2D eigenvalue weighted by atomic mass is 19.1. The van der Waals surface area contributed by atoms with Crippen molar-refractivity contribution in [1.82, 2.24) is 4.98 Å². The van der Waals surface area contributed by atoms with E-state index in [1.165, 1.54) is 18.2 Å². The molecule has 0 amide bonds. The maximum atomic E-state index is 13.7. The van der Waals surface area contributed by atoms with Crippen LogP contribution in [0.5, 0.6) is 0 Å². The molecule has 4 heteroatoms. The second kappa shape index (κ2) is 4.41. The number of pyridine rings is 1. The fourth-order valence-corrected chi connectivity index (χ4v) is 1.63. The summed E-state index contributed by atoms with van der Waals surface area (Å²) in [6.45, 7) is 1.66. The molecule has 0 aliphatic carbocycles. The van der Waals surface area contributed by atoms with Crippen LogP contribution in [0.15, 0.2) is 30.3 Å². The van der Waals surface area contributed by atoms with Crippen molar-refractivity contribution >= 4 is 6.29 Å². The molecule has 1 heterocycles. The predicted molar refractivity (Wildman–Crippen MR) is 59.7 cm³/mol. The zero-order valence-electron chi connectivity index (χ0n) is 9.08. The molecule has 2 nitrogen and oxygen atoms in total. The van der Waals surface area contributed by atoms with Crippen molar-refractivity contribution in [3.8, 4) is 11.3 Å². The molecule has 17 heavy (non-hydrogen) atoms. The van der Waals surface area contributed by atoms with Crippen molar-refractivity contribution in [2.45, 2.75) is 6.92 Å². The number of hydrogen-bond acceptors (Lipinski definition) is 2. The van der Waals surface area contributed by atoms with Crippen molar-refractivity contribution in [2.75, 3.05) is 0 Å². The third-order valence-electron chi connectivity index (χ3n) is 2.45. The van der Waals surface area contributed by atoms with Gasteiger partial charge in [-0.2, -0.15) is 0 Å². The van der Waals surface area contributed by atoms with Gasteiger partial charge in [-0.25, -0.2) is 13.8 Å². The Hall–Kier alpha value is -2.10. The monoisotopic (exact) mass is 233 g/mol. The first-order valence-corrected chi connectivity index (χ1v) is 5.00. The van der Waals surface area contributed by atoms with E-state index in [2.05, 4.69) is 4.98 Å². The van der Waals surface area contributed by atoms with E-state index < -0.39 is 11.6 Å². The van der Waals surface area contributed by atoms with Gasteiger partial charge in [-0.3, -0.25) is 4.79 Å². The molecule has 0 spiro atoms. The second-order valence-electron chi connectivity index (χ2n) is 3.62. The average Bonchev–Trinajstić information content (AvgIpc) is 2.31. The number of benzene rings is 1. The van der Waals surface area contributed by atoms with Crippen LogP contribution in [0.1, 0.15) is 16.1 Å². The molecule has 86 valence electrons. The van der Waals surface area contributed by atoms with Crippen LogP contribution < -0.4 is 0 Å². The topological polar surface area (TPSA) is 30.0 Å². The van der Waals surface area contributed by atoms with Gasteiger partial charge in [0, 0.05) is 5.56 Å². The molecule has 0 aliphatic heterocycles. The zero-order chi connectivity index (χ0) is 12.4. The Bertz CT molecular complexity index is 561. The fourth-order valence-electron chi connectivity index (χ4n) is 1.63. The summed E-state index contributed by atoms with van der Waals surface area (Å²) in [5.41, 5.74) is 0.599. The van der Waals surface area contributed by atoms with Crippen molar-refractivity contribution in [2.24, 2.45) is 0 Å². The van der Waals surface area contributed by atoms with Crippen LogP contribution in [0.3, 0.4) is 0 Å². The first-order valence-electron chi connectivity index (χ1n) is 5.00. The number of halogens is 2. The van der Waals surface area contributed by atoms with E-state index in [9.17, 15) is 13.6 Å². The minimum Gasteiger partial charge on any atom is -0.296 e. The maximum absolute atomic E-state index is 13.7. The van der Waals surface area contributed by atoms with Gasteiger partial charge in [0.2, 0.25) is 0 Å². The van der Waals surface area contributed by atoms with Gasteiger partial charge in [-0.15, -0.1) is 0 Å². The highest BCUT2D eigenvalue weighted by Crippen LogP contribution is 2.27. The van der Waals surface area contributed by atoms with Crippen LogP contribution in [-0.2, 0) is 0 Å². The maximum Gasteiger partial charge on any atom is 0.168 e. The van der Waals surface area contributed by atoms with Gasteiger partial charge in [0.05, 0.1) is 0 Å². The van der Waals surface area contributed by atoms with Crippen LogP contribution in [0.2, 0.25) is 0 Å². The molecule has 0 aliphatic rings. The molecule has 2 aromatic rings. The van der Waals surface area contributed by atoms with Crippen molar-refractivity contribution < 1.29 is 13.6 Å². The lowest BCUT2D eigenvalue weighted by Crippen LogP contribution is -1.98. The number of aryl methyl sites for hydroxylation is 1. The van der Waals surface area contributed by atoms with E-state index >= 15 is 0 Å². The van der Waals surface area contributed by atoms with E-state index in [-0.39, 0.29) is 17.0 Å². The van der Waals surface area contributed by atoms with Gasteiger partial charge < -0.3 is 0 Å². The number of rotatable bonds is 2. The van der Waals surface area contributed by atoms with Crippen molar-refractivity contribution in [3.63, 3.8) is 0 Å². The Balaban J connectivity index is 2.71. The van der Waals surface area contributed by atoms with Crippen LogP contribution in [-0.4, -0.2) is 11.3 Å². The Morgan fingerprint density at radius 2 is 1.88 bits per heavy atom. The van der Waals surface area contributed by atoms with E-state index in [1.54, 1.807) is 13.0 Å². The lowest BCUT2D eigenvalue weighted by molar-refractivity contribution is 0.111. The molecular weight excluding hydrogens is 224 g/mol. The third-order valence-corrected chi connectivity index (χ3v) is 2.45. The Morgan fingerprint density at radius 1 is 1.12 bits per heavy atom. The summed E-state index contributed by atoms with van der Waals surface area (Å²) < 4.78 is 27.3. The molecule has 0 bridgehead atoms. The highest BCUT2D eigenvalue weighted by Gasteiger charge is 2.14. The lowest BCUT2D eigenvalue weighted by Gasteiger charge is -2.07. The molecule has 0 radical (unpaired) electrons. The van der Waals surface area contributed by atoms with Gasteiger partial charge in [0.25, 0.3) is 0 Å². The smallest absolute Gasteiger partial charge is 0.168 e. The van der Waals surface area contributed by atoms with Crippen LogP contribution >= 0.6 is 0 Å². The van der Waals surface area contributed by atoms with Crippen molar-refractivity contribution in [3.05, 3.63) is 53.2 Å². The SMILES string of the molecule is Cc1cccc(F)c1-c1nc(C=O)ccc1F. The molecule has 0 saturated carbocycles. The van der Waals surface area contributed by atoms with E-state index in [0.717, 1.165) is 6.07 Å². The highest BCUT2D eigenvalue weighted by molar-refractivity contribution is 5.74. The summed E-state index contributed by atoms with van der Waals surface area (Å²) in [5, 5.41) is 0. The minimum absolute atomic E-state index is 0.0732. The van der Waals surface area contributed by atoms with Gasteiger partial charge >= 0.3 is 0 Å². The van der Waals surface area contributed by atoms with Gasteiger partial charge in [0.1, 0.15) is 23.0 Å². The summed E-state index contributed by atoms with van der Waals surface area (Å²) >= 11 is 0. The predicted octanol–water partition coefficient (Wildman–Crippen LogP) is 3.15. The zero-order valence-corrected chi connectivity index (χ0v) is 9.08. The normalized spacial score (nSPS) is 10.3. The van der Waals surface area contributed by atoms with Gasteiger partial charge in [-0.1, -0.05) is 12.1 Å². The standard InChI is InChI=1S/C13H9F2NO/c1-8-3-2-4-10(14)12(8)13-11(15)6-5-9(7-17)16-13/h2-7H,1H3. The molecule has 1 aromatic carbocycles. The van der Waals surface area contributed by atoms with Gasteiger partial charge in [0.15, 0.2) is 6.29 Å². The van der Waals surface area contributed by atoms with Crippen LogP contribution in [0, 0.1) is 18.6 Å². The minimum atomic E-state index is -0.649. The summed E-state index contributed by atoms with van der Waals surface area (Å²) in [4.78, 5) is 14.4. The number of nitrogens with zero attached hydrogens (tertiary/aromatic N) is 1. The third kappa shape index (κ3) is 2.06. The van der Waals surface area contributed by atoms with E-state index in [4.69, 9.17) is 0 Å². The molecule has 0 N–H and O–H groups in total. The average molecular weight is 233 g/mol. The number of carbonyl (C=O) groups is 1. The Kier molecular flexibility index (Phi) is 2.95. The molecule has 2 rings (SSSR count). The lowest BCUT2D eigenvalue weighted by atomic mass is 10.0. The molecule has 0 atom stereocenters. The fraction of sp³-hybridized carbons (Fsp3) is 0.0769. The summed E-state index contributed by atoms with van der Waals surface area (Å²) in [6.07, 6.45) is 0.499. The molecule has 0 fully saturated rings. The Labute approximate surface area is 96.9 Å². The molecule has 0 unspecified atom stereocenters. The molecule has 1 aromatic heterocycles. The molecular formula is C13H9F2NO. The number of hydrogen-bond donors (Lipinski definition) is 0. The van der Waals surface area contributed by atoms with Crippen molar-refractivity contribution in [1.29, 1.82) is 0 Å². The first-order chi connectivity index (χ1) is 8.13. The molecule has 0 saturated heterocycles. The van der Waals surface area contributed by atoms with Crippen LogP contribution in [0.4, 0.5) is 8.78 Å². The summed E-state index contributed by atoms with van der Waals surface area (Å²) in [6, 6.07) is 6.79. The quantitative estimate of drug-likeness (QED) is 0.746. The van der Waals surface area contributed by atoms with E-state index in [1.807, 2.05) is 0 Å². The summed E-state index contributed by atoms with van der Waals surface area (Å²) in [5.74, 6) is -1.21. The second-order valence-corrected chi connectivity index (χ2v) is 3.62. The number of carbonyl (C=O) groups excluding carboxylic acids is 1. The number of aldehydes is 1. The van der Waals surface area contributed by atoms with E-state index in [0.29, 0.717) is 11.8 Å². The van der Waals surface area contributed by atoms with Crippen LogP contribution in [0.25, 0.3) is 11.3 Å².